The molecule has 4 heteroatoms. The second kappa shape index (κ2) is 6.77. The zero-order valence-electron chi connectivity index (χ0n) is 10.2. The normalized spacial score (nSPS) is 12.2. The summed E-state index contributed by atoms with van der Waals surface area (Å²) in [5.41, 5.74) is 1.71. The summed E-state index contributed by atoms with van der Waals surface area (Å²) >= 11 is 3.37. The van der Waals surface area contributed by atoms with Crippen LogP contribution in [0.5, 0.6) is 0 Å². The molecule has 0 aliphatic rings. The van der Waals surface area contributed by atoms with Gasteiger partial charge in [-0.15, -0.1) is 0 Å². The largest absolute Gasteiger partial charge is 0.396 e. The van der Waals surface area contributed by atoms with Crippen molar-refractivity contribution in [1.82, 2.24) is 5.32 Å². The Morgan fingerprint density at radius 3 is 2.76 bits per heavy atom. The van der Waals surface area contributed by atoms with Crippen molar-refractivity contribution in [3.63, 3.8) is 0 Å². The second-order valence-electron chi connectivity index (χ2n) is 4.34. The van der Waals surface area contributed by atoms with Crippen LogP contribution in [0.4, 0.5) is 0 Å². The van der Waals surface area contributed by atoms with Gasteiger partial charge < -0.3 is 10.4 Å². The van der Waals surface area contributed by atoms with Gasteiger partial charge in [-0.05, 0) is 43.0 Å². The molecular formula is C13H18BrNO2. The van der Waals surface area contributed by atoms with E-state index in [-0.39, 0.29) is 18.4 Å². The minimum Gasteiger partial charge on any atom is -0.396 e. The molecule has 0 radical (unpaired) electrons. The van der Waals surface area contributed by atoms with Gasteiger partial charge in [-0.25, -0.2) is 0 Å². The molecule has 1 amide bonds. The lowest BCUT2D eigenvalue weighted by molar-refractivity contribution is 0.0945. The molecule has 0 fully saturated rings. The molecule has 2 N–H and O–H groups in total. The fourth-order valence-corrected chi connectivity index (χ4v) is 2.17. The Morgan fingerprint density at radius 2 is 2.18 bits per heavy atom. The van der Waals surface area contributed by atoms with E-state index in [0.29, 0.717) is 18.5 Å². The van der Waals surface area contributed by atoms with E-state index in [0.717, 1.165) is 10.0 Å². The van der Waals surface area contributed by atoms with Gasteiger partial charge in [0.15, 0.2) is 0 Å². The molecule has 1 aromatic carbocycles. The standard InChI is InChI=1S/C13H18BrNO2/c1-9(3-4-16)8-15-13(17)11-5-10(2)6-12(14)7-11/h5-7,9,16H,3-4,8H2,1-2H3,(H,15,17). The van der Waals surface area contributed by atoms with Crippen LogP contribution in [0.1, 0.15) is 29.3 Å². The van der Waals surface area contributed by atoms with E-state index in [1.54, 1.807) is 6.07 Å². The fraction of sp³-hybridized carbons (Fsp3) is 0.462. The summed E-state index contributed by atoms with van der Waals surface area (Å²) in [6.45, 7) is 4.70. The number of nitrogens with one attached hydrogen (secondary N) is 1. The van der Waals surface area contributed by atoms with Crippen LogP contribution >= 0.6 is 15.9 Å². The predicted molar refractivity (Wildman–Crippen MR) is 72.1 cm³/mol. The summed E-state index contributed by atoms with van der Waals surface area (Å²) in [7, 11) is 0. The Balaban J connectivity index is 2.58. The van der Waals surface area contributed by atoms with Crippen molar-refractivity contribution < 1.29 is 9.90 Å². The minimum atomic E-state index is -0.0702. The van der Waals surface area contributed by atoms with E-state index in [4.69, 9.17) is 5.11 Å². The Bertz CT molecular complexity index is 373. The molecule has 0 aliphatic carbocycles. The minimum absolute atomic E-state index is 0.0702. The summed E-state index contributed by atoms with van der Waals surface area (Å²) in [6, 6.07) is 5.63. The van der Waals surface area contributed by atoms with Gasteiger partial charge in [-0.2, -0.15) is 0 Å². The van der Waals surface area contributed by atoms with Crippen LogP contribution in [0, 0.1) is 12.8 Å². The lowest BCUT2D eigenvalue weighted by Crippen LogP contribution is -2.28. The third-order valence-electron chi connectivity index (χ3n) is 2.54. The highest BCUT2D eigenvalue weighted by Gasteiger charge is 2.08. The maximum Gasteiger partial charge on any atom is 0.251 e. The highest BCUT2D eigenvalue weighted by Crippen LogP contribution is 2.15. The average molecular weight is 300 g/mol. The first-order valence-electron chi connectivity index (χ1n) is 5.69. The van der Waals surface area contributed by atoms with Gasteiger partial charge in [0.1, 0.15) is 0 Å². The topological polar surface area (TPSA) is 49.3 Å². The van der Waals surface area contributed by atoms with Crippen molar-refractivity contribution >= 4 is 21.8 Å². The highest BCUT2D eigenvalue weighted by atomic mass is 79.9. The van der Waals surface area contributed by atoms with Gasteiger partial charge in [-0.1, -0.05) is 22.9 Å². The van der Waals surface area contributed by atoms with Crippen LogP contribution in [0.3, 0.4) is 0 Å². The SMILES string of the molecule is Cc1cc(Br)cc(C(=O)NCC(C)CCO)c1. The Hall–Kier alpha value is -0.870. The van der Waals surface area contributed by atoms with E-state index in [9.17, 15) is 4.79 Å². The van der Waals surface area contributed by atoms with Crippen LogP contribution < -0.4 is 5.32 Å². The molecule has 1 unspecified atom stereocenters. The summed E-state index contributed by atoms with van der Waals surface area (Å²) < 4.78 is 0.908. The number of carbonyl (C=O) groups is 1. The molecule has 0 saturated heterocycles. The van der Waals surface area contributed by atoms with Crippen molar-refractivity contribution in [3.05, 3.63) is 33.8 Å². The molecule has 0 saturated carbocycles. The quantitative estimate of drug-likeness (QED) is 0.878. The Morgan fingerprint density at radius 1 is 1.47 bits per heavy atom. The lowest BCUT2D eigenvalue weighted by atomic mass is 10.1. The molecule has 17 heavy (non-hydrogen) atoms. The van der Waals surface area contributed by atoms with Gasteiger partial charge in [0.25, 0.3) is 5.91 Å². The van der Waals surface area contributed by atoms with Gasteiger partial charge >= 0.3 is 0 Å². The fourth-order valence-electron chi connectivity index (χ4n) is 1.56. The lowest BCUT2D eigenvalue weighted by Gasteiger charge is -2.11. The summed E-state index contributed by atoms with van der Waals surface area (Å²) in [4.78, 5) is 11.9. The zero-order valence-corrected chi connectivity index (χ0v) is 11.8. The third-order valence-corrected chi connectivity index (χ3v) is 3.00. The number of amides is 1. The number of aliphatic hydroxyl groups is 1. The molecule has 3 nitrogen and oxygen atoms in total. The van der Waals surface area contributed by atoms with Crippen LogP contribution in [-0.4, -0.2) is 24.2 Å². The maximum atomic E-state index is 11.9. The van der Waals surface area contributed by atoms with Crippen LogP contribution in [0.2, 0.25) is 0 Å². The van der Waals surface area contributed by atoms with E-state index < -0.39 is 0 Å². The smallest absolute Gasteiger partial charge is 0.251 e. The van der Waals surface area contributed by atoms with Crippen molar-refractivity contribution in [2.45, 2.75) is 20.3 Å². The van der Waals surface area contributed by atoms with Crippen molar-refractivity contribution in [2.24, 2.45) is 5.92 Å². The third kappa shape index (κ3) is 4.88. The summed E-state index contributed by atoms with van der Waals surface area (Å²) in [5, 5.41) is 11.6. The monoisotopic (exact) mass is 299 g/mol. The number of rotatable bonds is 5. The maximum absolute atomic E-state index is 11.9. The Labute approximate surface area is 110 Å². The number of carbonyl (C=O) groups excluding carboxylic acids is 1. The van der Waals surface area contributed by atoms with E-state index in [1.165, 1.54) is 0 Å². The van der Waals surface area contributed by atoms with Crippen molar-refractivity contribution in [1.29, 1.82) is 0 Å². The van der Waals surface area contributed by atoms with Crippen molar-refractivity contribution in [2.75, 3.05) is 13.2 Å². The number of hydrogen-bond donors (Lipinski definition) is 2. The molecule has 0 spiro atoms. The molecule has 1 atom stereocenters. The second-order valence-corrected chi connectivity index (χ2v) is 5.26. The van der Waals surface area contributed by atoms with Crippen LogP contribution in [0.25, 0.3) is 0 Å². The first-order valence-corrected chi connectivity index (χ1v) is 6.48. The number of benzene rings is 1. The molecule has 0 aromatic heterocycles. The van der Waals surface area contributed by atoms with Crippen LogP contribution in [-0.2, 0) is 0 Å². The van der Waals surface area contributed by atoms with Gasteiger partial charge in [-0.3, -0.25) is 4.79 Å². The zero-order chi connectivity index (χ0) is 12.8. The molecule has 94 valence electrons. The number of aliphatic hydroxyl groups excluding tert-OH is 1. The summed E-state index contributed by atoms with van der Waals surface area (Å²) in [6.07, 6.45) is 0.706. The highest BCUT2D eigenvalue weighted by molar-refractivity contribution is 9.10. The molecule has 1 rings (SSSR count). The van der Waals surface area contributed by atoms with Crippen LogP contribution in [0.15, 0.2) is 22.7 Å². The van der Waals surface area contributed by atoms with E-state index in [2.05, 4.69) is 21.2 Å². The molecule has 1 aromatic rings. The number of halogens is 1. The van der Waals surface area contributed by atoms with Gasteiger partial charge in [0.05, 0.1) is 0 Å². The molecule has 0 bridgehead atoms. The first kappa shape index (κ1) is 14.2. The van der Waals surface area contributed by atoms with E-state index >= 15 is 0 Å². The predicted octanol–water partition coefficient (Wildman–Crippen LogP) is 2.51. The summed E-state index contributed by atoms with van der Waals surface area (Å²) in [5.74, 6) is 0.219. The number of hydrogen-bond acceptors (Lipinski definition) is 2. The molecule has 0 heterocycles. The molecule has 0 aliphatic heterocycles. The van der Waals surface area contributed by atoms with Crippen molar-refractivity contribution in [3.8, 4) is 0 Å². The first-order chi connectivity index (χ1) is 8.02. The van der Waals surface area contributed by atoms with E-state index in [1.807, 2.05) is 26.0 Å². The van der Waals surface area contributed by atoms with Gasteiger partial charge in [0.2, 0.25) is 0 Å². The van der Waals surface area contributed by atoms with Gasteiger partial charge in [0, 0.05) is 23.2 Å². The Kier molecular flexibility index (Phi) is 5.65. The number of aryl methyl sites for hydroxylation is 1. The molecular weight excluding hydrogens is 282 g/mol. The average Bonchev–Trinajstić information content (AvgIpc) is 2.25.